The summed E-state index contributed by atoms with van der Waals surface area (Å²) in [6.07, 6.45) is 12.1. The molecule has 1 fully saturated rings. The van der Waals surface area contributed by atoms with Crippen LogP contribution in [0.3, 0.4) is 0 Å². The smallest absolute Gasteiger partial charge is 0.416 e. The largest absolute Gasteiger partial charge is 0.497 e. The first kappa shape index (κ1) is 50.8. The van der Waals surface area contributed by atoms with Crippen LogP contribution < -0.4 is 18.9 Å². The highest BCUT2D eigenvalue weighted by Crippen LogP contribution is 2.60. The number of fused-ring (bicyclic) bond motifs is 10. The Balaban J connectivity index is 0.972. The van der Waals surface area contributed by atoms with Crippen molar-refractivity contribution in [2.75, 3.05) is 13.7 Å². The van der Waals surface area contributed by atoms with E-state index in [0.29, 0.717) is 46.3 Å². The fourth-order valence-corrected chi connectivity index (χ4v) is 12.4. The second-order valence-corrected chi connectivity index (χ2v) is 21.6. The van der Waals surface area contributed by atoms with Crippen molar-refractivity contribution in [2.24, 2.45) is 5.92 Å². The van der Waals surface area contributed by atoms with Gasteiger partial charge in [-0.3, -0.25) is 0 Å². The van der Waals surface area contributed by atoms with Gasteiger partial charge in [-0.2, -0.15) is 13.2 Å². The number of alkyl halides is 3. The van der Waals surface area contributed by atoms with Gasteiger partial charge in [-0.1, -0.05) is 151 Å². The lowest BCUT2D eigenvalue weighted by Gasteiger charge is -2.38. The van der Waals surface area contributed by atoms with Gasteiger partial charge in [-0.15, -0.1) is 0 Å². The lowest BCUT2D eigenvalue weighted by molar-refractivity contribution is -0.137. The summed E-state index contributed by atoms with van der Waals surface area (Å²) >= 11 is 0. The zero-order chi connectivity index (χ0) is 52.8. The minimum absolute atomic E-state index is 0.371. The summed E-state index contributed by atoms with van der Waals surface area (Å²) in [5, 5.41) is 3.00. The molecule has 8 heteroatoms. The van der Waals surface area contributed by atoms with Gasteiger partial charge in [-0.25, -0.2) is 4.79 Å². The Bertz CT molecular complexity index is 3460. The molecule has 8 aromatic rings. The van der Waals surface area contributed by atoms with Crippen molar-refractivity contribution in [1.82, 2.24) is 0 Å². The molecule has 0 spiro atoms. The maximum absolute atomic E-state index is 14.4. The molecule has 1 atom stereocenters. The van der Waals surface area contributed by atoms with Crippen molar-refractivity contribution in [3.05, 3.63) is 196 Å². The number of benzene rings is 8. The Morgan fingerprint density at radius 3 is 2.01 bits per heavy atom. The number of unbranched alkanes of at least 4 members (excludes halogenated alkanes) is 3. The Labute approximate surface area is 444 Å². The number of methoxy groups -OCH3 is 1. The van der Waals surface area contributed by atoms with E-state index in [0.717, 1.165) is 85.2 Å². The molecule has 3 aliphatic rings. The number of carbonyl (C=O) groups is 1. The molecule has 388 valence electrons. The Morgan fingerprint density at radius 1 is 0.697 bits per heavy atom. The first-order valence-corrected chi connectivity index (χ1v) is 27.3. The predicted molar refractivity (Wildman–Crippen MR) is 300 cm³/mol. The molecule has 2 aliphatic carbocycles. The first-order chi connectivity index (χ1) is 36.8. The first-order valence-electron chi connectivity index (χ1n) is 27.3. The van der Waals surface area contributed by atoms with Crippen LogP contribution in [-0.4, -0.2) is 19.7 Å². The molecule has 0 radical (unpaired) electrons. The summed E-state index contributed by atoms with van der Waals surface area (Å²) < 4.78 is 69.0. The number of halogens is 3. The van der Waals surface area contributed by atoms with Crippen molar-refractivity contribution in [3.8, 4) is 45.3 Å². The van der Waals surface area contributed by atoms with Crippen molar-refractivity contribution >= 4 is 33.6 Å². The van der Waals surface area contributed by atoms with Crippen LogP contribution >= 0.6 is 0 Å². The summed E-state index contributed by atoms with van der Waals surface area (Å²) in [6, 6.07) is 46.0. The second-order valence-electron chi connectivity index (χ2n) is 21.6. The fraction of sp³-hybridized carbons (Fsp3) is 0.309. The lowest BCUT2D eigenvalue weighted by Crippen LogP contribution is -2.35. The maximum atomic E-state index is 14.4. The minimum atomic E-state index is -4.52. The van der Waals surface area contributed by atoms with Crippen LogP contribution in [-0.2, 0) is 17.2 Å². The predicted octanol–water partition coefficient (Wildman–Crippen LogP) is 18.6. The quantitative estimate of drug-likeness (QED) is 0.0443. The number of hydrogen-bond donors (Lipinski definition) is 0. The van der Waals surface area contributed by atoms with Gasteiger partial charge >= 0.3 is 12.1 Å². The molecule has 1 saturated carbocycles. The summed E-state index contributed by atoms with van der Waals surface area (Å²) in [5.74, 6) is 3.37. The average Bonchev–Trinajstić information content (AvgIpc) is 3.79. The molecule has 0 N–H and O–H groups in total. The minimum Gasteiger partial charge on any atom is -0.497 e. The Kier molecular flexibility index (Phi) is 13.8. The van der Waals surface area contributed by atoms with E-state index in [1.54, 1.807) is 19.2 Å². The van der Waals surface area contributed by atoms with E-state index in [2.05, 4.69) is 50.3 Å². The third-order valence-corrected chi connectivity index (χ3v) is 16.6. The monoisotopic (exact) mass is 1020 g/mol. The topological polar surface area (TPSA) is 54.0 Å². The van der Waals surface area contributed by atoms with E-state index >= 15 is 0 Å². The van der Waals surface area contributed by atoms with Crippen LogP contribution in [0, 0.1) is 5.92 Å². The number of ether oxygens (including phenoxy) is 4. The van der Waals surface area contributed by atoms with Gasteiger partial charge in [0.25, 0.3) is 0 Å². The molecule has 8 aromatic carbocycles. The normalized spacial score (nSPS) is 18.4. The van der Waals surface area contributed by atoms with Crippen molar-refractivity contribution < 1.29 is 36.9 Å². The summed E-state index contributed by atoms with van der Waals surface area (Å²) in [7, 11) is 1.63. The molecule has 0 aromatic heterocycles. The van der Waals surface area contributed by atoms with Crippen LogP contribution in [0.15, 0.2) is 152 Å². The standard InChI is InChI=1S/C68H65F3O5/c1-6-8-10-12-43-15-17-44(18-16-43)45-19-21-46(22-20-45)47-23-25-48(26-24-47)65(72)75-60-14-11-13-55-54(60)37-38-57-61-56-36-31-51(68(69,70)71)42-59(56)66(3,4)63(61)58-39-40-67(76-64(58)62(55)57,49-27-32-52(73-5)33-28-49)50-29-34-53(35-30-50)74-41-9-7-2/h11,13-14,19-40,42-44H,6-10,12,15-18,41H2,1-5H3. The van der Waals surface area contributed by atoms with Crippen LogP contribution in [0.5, 0.6) is 23.0 Å². The molecule has 0 bridgehead atoms. The van der Waals surface area contributed by atoms with E-state index in [1.165, 1.54) is 69.1 Å². The van der Waals surface area contributed by atoms with E-state index in [9.17, 15) is 18.0 Å². The van der Waals surface area contributed by atoms with Crippen LogP contribution in [0.2, 0.25) is 0 Å². The maximum Gasteiger partial charge on any atom is 0.416 e. The van der Waals surface area contributed by atoms with Gasteiger partial charge in [0.15, 0.2) is 5.60 Å². The van der Waals surface area contributed by atoms with Crippen molar-refractivity contribution in [1.29, 1.82) is 0 Å². The lowest BCUT2D eigenvalue weighted by atomic mass is 9.76. The molecule has 1 unspecified atom stereocenters. The van der Waals surface area contributed by atoms with E-state index in [4.69, 9.17) is 18.9 Å². The summed E-state index contributed by atoms with van der Waals surface area (Å²) in [4.78, 5) is 14.2. The number of carbonyl (C=O) groups excluding carboxylic acids is 1. The zero-order valence-electron chi connectivity index (χ0n) is 44.1. The van der Waals surface area contributed by atoms with Gasteiger partial charge in [0.05, 0.1) is 24.8 Å². The van der Waals surface area contributed by atoms with Gasteiger partial charge in [-0.05, 0) is 160 Å². The molecule has 0 amide bonds. The molecule has 0 saturated heterocycles. The van der Waals surface area contributed by atoms with Gasteiger partial charge in [0.1, 0.15) is 23.0 Å². The highest BCUT2D eigenvalue weighted by atomic mass is 19.4. The van der Waals surface area contributed by atoms with Crippen LogP contribution in [0.1, 0.15) is 147 Å². The zero-order valence-corrected chi connectivity index (χ0v) is 44.1. The fourth-order valence-electron chi connectivity index (χ4n) is 12.4. The molecular formula is C68H65F3O5. The highest BCUT2D eigenvalue weighted by molar-refractivity contribution is 6.20. The second kappa shape index (κ2) is 20.7. The van der Waals surface area contributed by atoms with Gasteiger partial charge in [0, 0.05) is 32.9 Å². The van der Waals surface area contributed by atoms with Gasteiger partial charge < -0.3 is 18.9 Å². The number of hydrogen-bond acceptors (Lipinski definition) is 5. The Hall–Kier alpha value is -7.32. The molecule has 1 aliphatic heterocycles. The summed E-state index contributed by atoms with van der Waals surface area (Å²) in [6.45, 7) is 8.99. The SMILES string of the molecule is CCCCCC1CCC(c2ccc(-c3ccc(C(=O)Oc4cccc5c4ccc4c6c(c7c(c45)OC(c4ccc(OC)cc4)(c4ccc(OCCCC)cc4)C=C7)C(C)(C)c4cc(C(F)(F)F)ccc4-6)cc3)cc2)CC1. The number of esters is 1. The molecule has 5 nitrogen and oxygen atoms in total. The third kappa shape index (κ3) is 9.32. The molecule has 11 rings (SSSR count). The highest BCUT2D eigenvalue weighted by Gasteiger charge is 2.46. The molecule has 1 heterocycles. The number of rotatable bonds is 15. The molecule has 76 heavy (non-hydrogen) atoms. The van der Waals surface area contributed by atoms with Crippen molar-refractivity contribution in [3.63, 3.8) is 0 Å². The van der Waals surface area contributed by atoms with E-state index < -0.39 is 28.7 Å². The third-order valence-electron chi connectivity index (χ3n) is 16.6. The Morgan fingerprint density at radius 2 is 1.36 bits per heavy atom. The van der Waals surface area contributed by atoms with Crippen molar-refractivity contribution in [2.45, 2.75) is 115 Å². The van der Waals surface area contributed by atoms with Crippen LogP contribution in [0.4, 0.5) is 13.2 Å². The van der Waals surface area contributed by atoms with E-state index in [1.807, 2.05) is 111 Å². The average molecular weight is 1020 g/mol. The van der Waals surface area contributed by atoms with Gasteiger partial charge in [0.2, 0.25) is 0 Å². The van der Waals surface area contributed by atoms with Crippen LogP contribution in [0.25, 0.3) is 49.9 Å². The molecular weight excluding hydrogens is 954 g/mol. The van der Waals surface area contributed by atoms with E-state index in [-0.39, 0.29) is 0 Å². The summed E-state index contributed by atoms with van der Waals surface area (Å²) in [5.41, 5.74) is 6.72.